The molecule has 1 aromatic carbocycles. The minimum Gasteiger partial charge on any atom is -0.368 e. The molecule has 134 valence electrons. The number of piperazine rings is 1. The van der Waals surface area contributed by atoms with E-state index < -0.39 is 0 Å². The van der Waals surface area contributed by atoms with Crippen LogP contribution in [0, 0.1) is 6.92 Å². The zero-order valence-corrected chi connectivity index (χ0v) is 16.7. The van der Waals surface area contributed by atoms with Gasteiger partial charge in [0.1, 0.15) is 0 Å². The van der Waals surface area contributed by atoms with Gasteiger partial charge in [-0.2, -0.15) is 4.99 Å². The first-order valence-corrected chi connectivity index (χ1v) is 10.5. The molecule has 2 aliphatic heterocycles. The van der Waals surface area contributed by atoms with Gasteiger partial charge in [0.05, 0.1) is 4.91 Å². The lowest BCUT2D eigenvalue weighted by Crippen LogP contribution is -2.47. The molecule has 4 rings (SSSR count). The third-order valence-electron chi connectivity index (χ3n) is 4.50. The normalized spacial score (nSPS) is 19.4. The second-order valence-corrected chi connectivity index (χ2v) is 8.63. The van der Waals surface area contributed by atoms with Gasteiger partial charge in [-0.05, 0) is 53.9 Å². The van der Waals surface area contributed by atoms with Crippen LogP contribution in [0.15, 0.2) is 45.6 Å². The molecule has 4 nitrogen and oxygen atoms in total. The zero-order valence-electron chi connectivity index (χ0n) is 14.3. The van der Waals surface area contributed by atoms with Crippen molar-refractivity contribution in [2.45, 2.75) is 6.92 Å². The first kappa shape index (κ1) is 17.6. The van der Waals surface area contributed by atoms with Gasteiger partial charge in [0.2, 0.25) is 0 Å². The zero-order chi connectivity index (χ0) is 18.1. The number of benzene rings is 1. The van der Waals surface area contributed by atoms with Crippen LogP contribution in [0.4, 0.5) is 5.69 Å². The Balaban J connectivity index is 1.40. The maximum absolute atomic E-state index is 12.2. The molecule has 1 aromatic heterocycles. The molecular formula is C19H18ClN3OS2. The van der Waals surface area contributed by atoms with Crippen LogP contribution in [0.1, 0.15) is 10.4 Å². The van der Waals surface area contributed by atoms with Gasteiger partial charge in [-0.1, -0.05) is 23.7 Å². The molecule has 0 aliphatic carbocycles. The minimum atomic E-state index is -0.133. The van der Waals surface area contributed by atoms with E-state index in [4.69, 9.17) is 11.6 Å². The summed E-state index contributed by atoms with van der Waals surface area (Å²) in [5.41, 5.74) is 2.24. The van der Waals surface area contributed by atoms with Crippen LogP contribution in [-0.2, 0) is 4.79 Å². The standard InChI is InChI=1S/C19H18ClN3OS2/c1-13-4-5-14(11-16(13)20)22-6-8-23(9-7-22)19-21-18(24)17(26-19)12-15-3-2-10-25-15/h2-5,10-12H,6-9H2,1H3/b17-12+. The largest absolute Gasteiger partial charge is 0.368 e. The molecule has 0 atom stereocenters. The maximum Gasteiger partial charge on any atom is 0.286 e. The van der Waals surface area contributed by atoms with Crippen LogP contribution >= 0.6 is 34.7 Å². The molecule has 1 saturated heterocycles. The summed E-state index contributed by atoms with van der Waals surface area (Å²) in [7, 11) is 0. The lowest BCUT2D eigenvalue weighted by molar-refractivity contribution is -0.113. The van der Waals surface area contributed by atoms with Crippen LogP contribution in [0.5, 0.6) is 0 Å². The van der Waals surface area contributed by atoms with Gasteiger partial charge in [-0.15, -0.1) is 11.3 Å². The molecule has 0 spiro atoms. The summed E-state index contributed by atoms with van der Waals surface area (Å²) in [4.78, 5) is 22.8. The van der Waals surface area contributed by atoms with Crippen molar-refractivity contribution in [3.63, 3.8) is 0 Å². The number of thioether (sulfide) groups is 1. The molecule has 1 fully saturated rings. The van der Waals surface area contributed by atoms with Gasteiger partial charge in [-0.3, -0.25) is 4.79 Å². The Bertz CT molecular complexity index is 884. The van der Waals surface area contributed by atoms with Crippen LogP contribution in [-0.4, -0.2) is 42.2 Å². The molecule has 0 radical (unpaired) electrons. The van der Waals surface area contributed by atoms with Gasteiger partial charge < -0.3 is 9.80 Å². The van der Waals surface area contributed by atoms with Crippen molar-refractivity contribution in [2.24, 2.45) is 4.99 Å². The van der Waals surface area contributed by atoms with Crippen molar-refractivity contribution in [1.29, 1.82) is 0 Å². The smallest absolute Gasteiger partial charge is 0.286 e. The van der Waals surface area contributed by atoms with E-state index in [1.54, 1.807) is 11.3 Å². The Hall–Kier alpha value is -1.76. The number of aliphatic imine (C=N–C) groups is 1. The Kier molecular flexibility index (Phi) is 5.07. The molecule has 2 aromatic rings. The molecule has 26 heavy (non-hydrogen) atoms. The molecule has 3 heterocycles. The molecule has 1 amide bonds. The molecular weight excluding hydrogens is 386 g/mol. The third kappa shape index (κ3) is 3.68. The van der Waals surface area contributed by atoms with E-state index in [1.807, 2.05) is 36.6 Å². The van der Waals surface area contributed by atoms with Crippen molar-refractivity contribution in [3.8, 4) is 0 Å². The molecule has 0 N–H and O–H groups in total. The van der Waals surface area contributed by atoms with Gasteiger partial charge in [0.25, 0.3) is 5.91 Å². The number of amides is 1. The van der Waals surface area contributed by atoms with Crippen LogP contribution in [0.25, 0.3) is 6.08 Å². The highest BCUT2D eigenvalue weighted by atomic mass is 35.5. The summed E-state index contributed by atoms with van der Waals surface area (Å²) >= 11 is 9.36. The average Bonchev–Trinajstić information content (AvgIpc) is 3.28. The minimum absolute atomic E-state index is 0.133. The summed E-state index contributed by atoms with van der Waals surface area (Å²) in [6.07, 6.45) is 1.93. The monoisotopic (exact) mass is 403 g/mol. The number of anilines is 1. The predicted octanol–water partition coefficient (Wildman–Crippen LogP) is 4.50. The Labute approximate surface area is 166 Å². The first-order chi connectivity index (χ1) is 12.6. The number of aryl methyl sites for hydroxylation is 1. The Morgan fingerprint density at radius 1 is 1.15 bits per heavy atom. The van der Waals surface area contributed by atoms with Crippen molar-refractivity contribution < 1.29 is 4.79 Å². The van der Waals surface area contributed by atoms with E-state index in [2.05, 4.69) is 26.9 Å². The summed E-state index contributed by atoms with van der Waals surface area (Å²) in [6.45, 7) is 5.47. The quantitative estimate of drug-likeness (QED) is 0.691. The fourth-order valence-corrected chi connectivity index (χ4v) is 4.83. The highest BCUT2D eigenvalue weighted by molar-refractivity contribution is 8.18. The number of rotatable bonds is 2. The van der Waals surface area contributed by atoms with E-state index in [-0.39, 0.29) is 5.91 Å². The van der Waals surface area contributed by atoms with Crippen LogP contribution < -0.4 is 4.90 Å². The van der Waals surface area contributed by atoms with Gasteiger partial charge in [0, 0.05) is 41.8 Å². The molecule has 0 saturated carbocycles. The number of hydrogen-bond acceptors (Lipinski definition) is 5. The predicted molar refractivity (Wildman–Crippen MR) is 112 cm³/mol. The summed E-state index contributed by atoms with van der Waals surface area (Å²) in [5.74, 6) is -0.133. The fourth-order valence-electron chi connectivity index (χ4n) is 2.97. The number of amidine groups is 1. The van der Waals surface area contributed by atoms with Crippen molar-refractivity contribution in [3.05, 3.63) is 56.1 Å². The number of hydrogen-bond donors (Lipinski definition) is 0. The summed E-state index contributed by atoms with van der Waals surface area (Å²) < 4.78 is 0. The number of halogens is 1. The third-order valence-corrected chi connectivity index (χ3v) is 6.77. The van der Waals surface area contributed by atoms with Crippen molar-refractivity contribution >= 4 is 57.5 Å². The number of carbonyl (C=O) groups is 1. The Morgan fingerprint density at radius 3 is 2.62 bits per heavy atom. The van der Waals surface area contributed by atoms with Gasteiger partial charge >= 0.3 is 0 Å². The topological polar surface area (TPSA) is 35.9 Å². The SMILES string of the molecule is Cc1ccc(N2CCN(C3=NC(=O)/C(=C\c4cccs4)S3)CC2)cc1Cl. The van der Waals surface area contributed by atoms with E-state index in [1.165, 1.54) is 11.8 Å². The number of carbonyl (C=O) groups excluding carboxylic acids is 1. The lowest BCUT2D eigenvalue weighted by Gasteiger charge is -2.36. The summed E-state index contributed by atoms with van der Waals surface area (Å²) in [5, 5.41) is 3.63. The number of nitrogens with zero attached hydrogens (tertiary/aromatic N) is 3. The molecule has 2 aliphatic rings. The van der Waals surface area contributed by atoms with E-state index in [0.717, 1.165) is 52.5 Å². The van der Waals surface area contributed by atoms with Gasteiger partial charge in [0.15, 0.2) is 5.17 Å². The average molecular weight is 404 g/mol. The lowest BCUT2D eigenvalue weighted by atomic mass is 10.2. The van der Waals surface area contributed by atoms with E-state index in [9.17, 15) is 4.79 Å². The maximum atomic E-state index is 12.2. The fraction of sp³-hybridized carbons (Fsp3) is 0.263. The first-order valence-electron chi connectivity index (χ1n) is 8.42. The van der Waals surface area contributed by atoms with Crippen molar-refractivity contribution in [1.82, 2.24) is 4.90 Å². The van der Waals surface area contributed by atoms with Crippen molar-refractivity contribution in [2.75, 3.05) is 31.1 Å². The molecule has 0 unspecified atom stereocenters. The van der Waals surface area contributed by atoms with Crippen LogP contribution in [0.2, 0.25) is 5.02 Å². The van der Waals surface area contributed by atoms with E-state index in [0.29, 0.717) is 4.91 Å². The highest BCUT2D eigenvalue weighted by Crippen LogP contribution is 2.32. The van der Waals surface area contributed by atoms with Gasteiger partial charge in [-0.25, -0.2) is 0 Å². The van der Waals surface area contributed by atoms with E-state index >= 15 is 0 Å². The Morgan fingerprint density at radius 2 is 1.92 bits per heavy atom. The highest BCUT2D eigenvalue weighted by Gasteiger charge is 2.28. The second-order valence-electron chi connectivity index (χ2n) is 6.23. The second kappa shape index (κ2) is 7.47. The molecule has 0 bridgehead atoms. The molecule has 7 heteroatoms. The number of thiophene rings is 1. The summed E-state index contributed by atoms with van der Waals surface area (Å²) in [6, 6.07) is 10.2. The van der Waals surface area contributed by atoms with Crippen LogP contribution in [0.3, 0.4) is 0 Å².